The van der Waals surface area contributed by atoms with Gasteiger partial charge in [-0.05, 0) is 48.2 Å². The second-order valence-corrected chi connectivity index (χ2v) is 7.73. The summed E-state index contributed by atoms with van der Waals surface area (Å²) in [6.07, 6.45) is 1.51. The molecule has 0 saturated heterocycles. The van der Waals surface area contributed by atoms with Crippen LogP contribution in [0.5, 0.6) is 0 Å². The van der Waals surface area contributed by atoms with Crippen molar-refractivity contribution in [3.05, 3.63) is 59.7 Å². The van der Waals surface area contributed by atoms with Crippen LogP contribution in [0.1, 0.15) is 11.1 Å². The highest BCUT2D eigenvalue weighted by Crippen LogP contribution is 2.38. The molecule has 0 amide bonds. The largest absolute Gasteiger partial charge is 0.338 e. The van der Waals surface area contributed by atoms with Crippen molar-refractivity contribution in [3.63, 3.8) is 0 Å². The summed E-state index contributed by atoms with van der Waals surface area (Å²) in [5.74, 6) is 1.08. The first-order valence-electron chi connectivity index (χ1n) is 6.71. The Hall–Kier alpha value is -0.790. The van der Waals surface area contributed by atoms with E-state index in [4.69, 9.17) is 23.2 Å². The van der Waals surface area contributed by atoms with Gasteiger partial charge in [-0.25, -0.2) is 0 Å². The maximum Gasteiger partial charge on any atom is 0.258 e. The lowest BCUT2D eigenvalue weighted by molar-refractivity contribution is 0.501. The number of aryl methyl sites for hydroxylation is 2. The van der Waals surface area contributed by atoms with Gasteiger partial charge in [0.05, 0.1) is 0 Å². The SMILES string of the molecule is O=P(O)(c1ccc(CCCl)cc1)c1ccc(CCCl)cc1. The van der Waals surface area contributed by atoms with Gasteiger partial charge in [-0.15, -0.1) is 23.2 Å². The van der Waals surface area contributed by atoms with Crippen LogP contribution in [0.2, 0.25) is 0 Å². The molecule has 2 rings (SSSR count). The molecule has 1 N–H and O–H groups in total. The van der Waals surface area contributed by atoms with Gasteiger partial charge in [0.2, 0.25) is 0 Å². The van der Waals surface area contributed by atoms with Crippen LogP contribution in [-0.4, -0.2) is 16.7 Å². The number of hydrogen-bond donors (Lipinski definition) is 1. The van der Waals surface area contributed by atoms with Crippen molar-refractivity contribution >= 4 is 41.2 Å². The molecule has 0 aliphatic heterocycles. The molecule has 0 atom stereocenters. The van der Waals surface area contributed by atoms with E-state index in [2.05, 4.69) is 0 Å². The van der Waals surface area contributed by atoms with Crippen molar-refractivity contribution in [1.82, 2.24) is 0 Å². The second kappa shape index (κ2) is 7.47. The number of hydrogen-bond acceptors (Lipinski definition) is 1. The summed E-state index contributed by atoms with van der Waals surface area (Å²) in [6, 6.07) is 14.2. The molecule has 5 heteroatoms. The van der Waals surface area contributed by atoms with Crippen LogP contribution in [0.25, 0.3) is 0 Å². The van der Waals surface area contributed by atoms with Gasteiger partial charge < -0.3 is 4.89 Å². The van der Waals surface area contributed by atoms with E-state index >= 15 is 0 Å². The predicted octanol–water partition coefficient (Wildman–Crippen LogP) is 3.47. The van der Waals surface area contributed by atoms with Crippen LogP contribution in [0, 0.1) is 0 Å². The van der Waals surface area contributed by atoms with E-state index in [1.165, 1.54) is 0 Å². The Kier molecular flexibility index (Phi) is 5.89. The zero-order valence-corrected chi connectivity index (χ0v) is 13.9. The first kappa shape index (κ1) is 16.6. The summed E-state index contributed by atoms with van der Waals surface area (Å²) in [4.78, 5) is 10.4. The smallest absolute Gasteiger partial charge is 0.258 e. The minimum atomic E-state index is -3.54. The molecule has 2 aromatic rings. The normalized spacial score (nSPS) is 11.6. The van der Waals surface area contributed by atoms with Gasteiger partial charge in [-0.3, -0.25) is 4.57 Å². The highest BCUT2D eigenvalue weighted by Gasteiger charge is 2.23. The molecule has 0 bridgehead atoms. The molecular weight excluding hydrogens is 326 g/mol. The Morgan fingerprint density at radius 1 is 0.762 bits per heavy atom. The number of benzene rings is 2. The quantitative estimate of drug-likeness (QED) is 0.644. The molecule has 0 aliphatic carbocycles. The second-order valence-electron chi connectivity index (χ2n) is 4.79. The minimum absolute atomic E-state index is 0.436. The Labute approximate surface area is 135 Å². The van der Waals surface area contributed by atoms with Crippen LogP contribution in [-0.2, 0) is 17.4 Å². The number of rotatable bonds is 6. The van der Waals surface area contributed by atoms with Crippen LogP contribution < -0.4 is 10.6 Å². The lowest BCUT2D eigenvalue weighted by Gasteiger charge is -2.13. The zero-order chi connectivity index (χ0) is 15.3. The predicted molar refractivity (Wildman–Crippen MR) is 90.8 cm³/mol. The minimum Gasteiger partial charge on any atom is -0.338 e. The summed E-state index contributed by atoms with van der Waals surface area (Å²) in [5, 5.41) is 0.872. The van der Waals surface area contributed by atoms with Gasteiger partial charge in [0.25, 0.3) is 7.37 Å². The Bertz CT molecular complexity index is 570. The van der Waals surface area contributed by atoms with Crippen LogP contribution in [0.15, 0.2) is 48.5 Å². The molecule has 0 unspecified atom stereocenters. The average Bonchev–Trinajstić information content (AvgIpc) is 2.49. The van der Waals surface area contributed by atoms with Crippen LogP contribution in [0.3, 0.4) is 0 Å². The molecule has 0 saturated carbocycles. The van der Waals surface area contributed by atoms with Crippen molar-refractivity contribution in [1.29, 1.82) is 0 Å². The number of halogens is 2. The van der Waals surface area contributed by atoms with E-state index in [1.807, 2.05) is 24.3 Å². The Morgan fingerprint density at radius 2 is 1.10 bits per heavy atom. The summed E-state index contributed by atoms with van der Waals surface area (Å²) in [5.41, 5.74) is 2.12. The van der Waals surface area contributed by atoms with E-state index in [0.717, 1.165) is 24.0 Å². The van der Waals surface area contributed by atoms with E-state index < -0.39 is 7.37 Å². The van der Waals surface area contributed by atoms with Gasteiger partial charge in [-0.1, -0.05) is 24.3 Å². The van der Waals surface area contributed by atoms with Gasteiger partial charge in [0.1, 0.15) is 0 Å². The van der Waals surface area contributed by atoms with Gasteiger partial charge >= 0.3 is 0 Å². The highest BCUT2D eigenvalue weighted by atomic mass is 35.5. The van der Waals surface area contributed by atoms with Gasteiger partial charge in [0, 0.05) is 22.4 Å². The van der Waals surface area contributed by atoms with Crippen molar-refractivity contribution in [2.45, 2.75) is 12.8 Å². The van der Waals surface area contributed by atoms with Crippen LogP contribution in [0.4, 0.5) is 0 Å². The number of alkyl halides is 2. The molecule has 0 spiro atoms. The summed E-state index contributed by atoms with van der Waals surface area (Å²) in [7, 11) is -3.54. The van der Waals surface area contributed by atoms with E-state index in [1.54, 1.807) is 24.3 Å². The third-order valence-electron chi connectivity index (χ3n) is 3.34. The van der Waals surface area contributed by atoms with Crippen molar-refractivity contribution in [2.75, 3.05) is 11.8 Å². The molecule has 0 heterocycles. The molecule has 0 aromatic heterocycles. The molecule has 0 aliphatic rings. The summed E-state index contributed by atoms with van der Waals surface area (Å²) < 4.78 is 12.7. The highest BCUT2D eigenvalue weighted by molar-refractivity contribution is 7.73. The molecule has 21 heavy (non-hydrogen) atoms. The first-order chi connectivity index (χ1) is 10.1. The fourth-order valence-corrected chi connectivity index (χ4v) is 3.94. The maximum atomic E-state index is 12.7. The van der Waals surface area contributed by atoms with Crippen molar-refractivity contribution in [2.24, 2.45) is 0 Å². The third kappa shape index (κ3) is 4.11. The molecular formula is C16H17Cl2O2P. The van der Waals surface area contributed by atoms with Crippen molar-refractivity contribution in [3.8, 4) is 0 Å². The van der Waals surface area contributed by atoms with E-state index in [0.29, 0.717) is 22.4 Å². The summed E-state index contributed by atoms with van der Waals surface area (Å²) in [6.45, 7) is 0. The first-order valence-corrected chi connectivity index (χ1v) is 9.44. The maximum absolute atomic E-state index is 12.7. The zero-order valence-electron chi connectivity index (χ0n) is 11.5. The molecule has 2 nitrogen and oxygen atoms in total. The lowest BCUT2D eigenvalue weighted by atomic mass is 10.2. The lowest BCUT2D eigenvalue weighted by Crippen LogP contribution is -2.15. The monoisotopic (exact) mass is 342 g/mol. The van der Waals surface area contributed by atoms with Gasteiger partial charge in [-0.2, -0.15) is 0 Å². The third-order valence-corrected chi connectivity index (χ3v) is 5.71. The molecule has 112 valence electrons. The van der Waals surface area contributed by atoms with Crippen LogP contribution >= 0.6 is 30.6 Å². The fraction of sp³-hybridized carbons (Fsp3) is 0.250. The van der Waals surface area contributed by atoms with Crippen molar-refractivity contribution < 1.29 is 9.46 Å². The molecule has 0 fully saturated rings. The Balaban J connectivity index is 2.25. The topological polar surface area (TPSA) is 37.3 Å². The Morgan fingerprint density at radius 3 is 1.38 bits per heavy atom. The fourth-order valence-electron chi connectivity index (χ4n) is 2.10. The van der Waals surface area contributed by atoms with E-state index in [9.17, 15) is 9.46 Å². The molecule has 2 aromatic carbocycles. The standard InChI is InChI=1S/C16H17Cl2O2P/c17-11-9-13-1-5-15(6-2-13)21(19,20)16-7-3-14(4-8-16)10-12-18/h1-8H,9-12H2,(H,19,20). The van der Waals surface area contributed by atoms with E-state index in [-0.39, 0.29) is 0 Å². The summed E-state index contributed by atoms with van der Waals surface area (Å²) >= 11 is 11.4. The average molecular weight is 343 g/mol. The molecule has 0 radical (unpaired) electrons. The van der Waals surface area contributed by atoms with Gasteiger partial charge in [0.15, 0.2) is 0 Å².